The molecule has 0 fully saturated rings. The van der Waals surface area contributed by atoms with Gasteiger partial charge >= 0.3 is 0 Å². The van der Waals surface area contributed by atoms with Crippen molar-refractivity contribution in [3.63, 3.8) is 0 Å². The zero-order valence-corrected chi connectivity index (χ0v) is 14.8. The maximum atomic E-state index is 13.0. The first-order valence-corrected chi connectivity index (χ1v) is 8.97. The Morgan fingerprint density at radius 2 is 1.76 bits per heavy atom. The molecule has 2 N–H and O–H groups in total. The van der Waals surface area contributed by atoms with Crippen molar-refractivity contribution >= 4 is 15.7 Å². The minimum Gasteiger partial charge on any atom is -0.398 e. The second-order valence-corrected chi connectivity index (χ2v) is 7.71. The fourth-order valence-electron chi connectivity index (χ4n) is 2.43. The summed E-state index contributed by atoms with van der Waals surface area (Å²) in [4.78, 5) is 0.380. The highest BCUT2D eigenvalue weighted by Gasteiger charge is 2.29. The first kappa shape index (κ1) is 18.0. The van der Waals surface area contributed by atoms with Crippen molar-refractivity contribution in [2.24, 2.45) is 5.92 Å². The number of hydrogen-bond donors (Lipinski definition) is 1. The van der Waals surface area contributed by atoms with Gasteiger partial charge < -0.3 is 5.73 Å². The van der Waals surface area contributed by atoms with Gasteiger partial charge in [0.05, 0.1) is 4.90 Å². The second-order valence-electron chi connectivity index (χ2n) is 5.83. The molecule has 5 heteroatoms. The minimum absolute atomic E-state index is 0.336. The number of benzene rings is 1. The zero-order chi connectivity index (χ0) is 16.4. The van der Waals surface area contributed by atoms with Crippen LogP contribution in [0.4, 0.5) is 5.69 Å². The van der Waals surface area contributed by atoms with Gasteiger partial charge in [-0.15, -0.1) is 0 Å². The number of nitrogens with zero attached hydrogens (tertiary/aromatic N) is 1. The smallest absolute Gasteiger partial charge is 0.243 e. The molecule has 0 amide bonds. The van der Waals surface area contributed by atoms with Gasteiger partial charge in [0, 0.05) is 18.8 Å². The van der Waals surface area contributed by atoms with Crippen molar-refractivity contribution in [3.8, 4) is 0 Å². The first-order valence-electron chi connectivity index (χ1n) is 7.53. The lowest BCUT2D eigenvalue weighted by atomic mass is 10.1. The molecule has 4 nitrogen and oxygen atoms in total. The number of sulfonamides is 1. The van der Waals surface area contributed by atoms with Gasteiger partial charge in [-0.25, -0.2) is 8.42 Å². The van der Waals surface area contributed by atoms with Gasteiger partial charge in [-0.1, -0.05) is 27.2 Å². The SMILES string of the molecule is CCC(C)CN(CC)S(=O)(=O)c1c(C)c(C)cc(N)c1C. The van der Waals surface area contributed by atoms with E-state index in [0.29, 0.717) is 35.2 Å². The standard InChI is InChI=1S/C16H28N2O2S/c1-7-11(3)10-18(8-2)21(19,20)16-13(5)12(4)9-15(17)14(16)6/h9,11H,7-8,10,17H2,1-6H3. The third-order valence-electron chi connectivity index (χ3n) is 4.24. The van der Waals surface area contributed by atoms with Crippen LogP contribution in [0, 0.1) is 26.7 Å². The van der Waals surface area contributed by atoms with E-state index in [1.807, 2.05) is 26.8 Å². The summed E-state index contributed by atoms with van der Waals surface area (Å²) in [5.74, 6) is 0.336. The summed E-state index contributed by atoms with van der Waals surface area (Å²) in [5.41, 5.74) is 8.87. The molecule has 120 valence electrons. The zero-order valence-electron chi connectivity index (χ0n) is 14.0. The molecule has 0 aliphatic heterocycles. The maximum Gasteiger partial charge on any atom is 0.243 e. The Labute approximate surface area is 129 Å². The molecular weight excluding hydrogens is 284 g/mol. The fraction of sp³-hybridized carbons (Fsp3) is 0.625. The van der Waals surface area contributed by atoms with E-state index < -0.39 is 10.0 Å². The summed E-state index contributed by atoms with van der Waals surface area (Å²) in [7, 11) is -3.51. The number of rotatable bonds is 6. The molecule has 0 aromatic heterocycles. The average Bonchev–Trinajstić information content (AvgIpc) is 2.42. The van der Waals surface area contributed by atoms with Crippen molar-refractivity contribution in [2.45, 2.75) is 52.9 Å². The Morgan fingerprint density at radius 1 is 1.19 bits per heavy atom. The molecule has 0 heterocycles. The number of aryl methyl sites for hydroxylation is 1. The van der Waals surface area contributed by atoms with E-state index >= 15 is 0 Å². The van der Waals surface area contributed by atoms with E-state index in [1.165, 1.54) is 0 Å². The van der Waals surface area contributed by atoms with E-state index in [2.05, 4.69) is 13.8 Å². The highest BCUT2D eigenvalue weighted by molar-refractivity contribution is 7.89. The van der Waals surface area contributed by atoms with Crippen LogP contribution in [0.5, 0.6) is 0 Å². The van der Waals surface area contributed by atoms with E-state index in [-0.39, 0.29) is 0 Å². The molecule has 0 saturated carbocycles. The van der Waals surface area contributed by atoms with Crippen molar-refractivity contribution in [2.75, 3.05) is 18.8 Å². The molecule has 1 atom stereocenters. The monoisotopic (exact) mass is 312 g/mol. The van der Waals surface area contributed by atoms with Gasteiger partial charge in [-0.05, 0) is 49.4 Å². The van der Waals surface area contributed by atoms with Crippen LogP contribution >= 0.6 is 0 Å². The molecule has 0 saturated heterocycles. The molecule has 1 unspecified atom stereocenters. The van der Waals surface area contributed by atoms with Crippen LogP contribution in [-0.2, 0) is 10.0 Å². The van der Waals surface area contributed by atoms with Crippen LogP contribution < -0.4 is 5.73 Å². The topological polar surface area (TPSA) is 63.4 Å². The number of nitrogens with two attached hydrogens (primary N) is 1. The average molecular weight is 312 g/mol. The summed E-state index contributed by atoms with van der Waals surface area (Å²) in [6, 6.07) is 1.84. The fourth-order valence-corrected chi connectivity index (χ4v) is 4.53. The molecule has 1 aromatic rings. The van der Waals surface area contributed by atoms with Crippen molar-refractivity contribution in [1.82, 2.24) is 4.31 Å². The van der Waals surface area contributed by atoms with Crippen LogP contribution in [0.2, 0.25) is 0 Å². The molecule has 21 heavy (non-hydrogen) atoms. The van der Waals surface area contributed by atoms with Crippen LogP contribution in [0.1, 0.15) is 43.9 Å². The molecule has 0 aliphatic rings. The molecule has 0 aliphatic carbocycles. The summed E-state index contributed by atoms with van der Waals surface area (Å²) in [5, 5.41) is 0. The highest BCUT2D eigenvalue weighted by atomic mass is 32.2. The normalized spacial score (nSPS) is 13.7. The number of anilines is 1. The van der Waals surface area contributed by atoms with Crippen molar-refractivity contribution < 1.29 is 8.42 Å². The quantitative estimate of drug-likeness (QED) is 0.820. The third-order valence-corrected chi connectivity index (χ3v) is 6.46. The minimum atomic E-state index is -3.51. The molecule has 0 radical (unpaired) electrons. The Hall–Kier alpha value is -1.07. The van der Waals surface area contributed by atoms with Gasteiger partial charge in [0.15, 0.2) is 0 Å². The predicted octanol–water partition coefficient (Wildman–Crippen LogP) is 3.25. The summed E-state index contributed by atoms with van der Waals surface area (Å²) >= 11 is 0. The maximum absolute atomic E-state index is 13.0. The van der Waals surface area contributed by atoms with Crippen LogP contribution in [-0.4, -0.2) is 25.8 Å². The van der Waals surface area contributed by atoms with Gasteiger partial charge in [0.1, 0.15) is 0 Å². The van der Waals surface area contributed by atoms with E-state index in [1.54, 1.807) is 11.2 Å². The van der Waals surface area contributed by atoms with Crippen LogP contribution in [0.3, 0.4) is 0 Å². The predicted molar refractivity (Wildman–Crippen MR) is 89.0 cm³/mol. The lowest BCUT2D eigenvalue weighted by Crippen LogP contribution is -2.35. The first-order chi connectivity index (χ1) is 9.66. The van der Waals surface area contributed by atoms with Crippen LogP contribution in [0.15, 0.2) is 11.0 Å². The highest BCUT2D eigenvalue weighted by Crippen LogP contribution is 2.30. The third kappa shape index (κ3) is 3.58. The Kier molecular flexibility index (Phi) is 5.82. The number of hydrogen-bond acceptors (Lipinski definition) is 3. The summed E-state index contributed by atoms with van der Waals surface area (Å²) in [6.45, 7) is 12.6. The molecule has 1 rings (SSSR count). The van der Waals surface area contributed by atoms with Gasteiger partial charge in [0.2, 0.25) is 10.0 Å². The van der Waals surface area contributed by atoms with Crippen LogP contribution in [0.25, 0.3) is 0 Å². The lowest BCUT2D eigenvalue weighted by molar-refractivity contribution is 0.361. The van der Waals surface area contributed by atoms with E-state index in [0.717, 1.165) is 17.5 Å². The molecule has 0 spiro atoms. The van der Waals surface area contributed by atoms with E-state index in [9.17, 15) is 8.42 Å². The second kappa shape index (κ2) is 6.79. The summed E-state index contributed by atoms with van der Waals surface area (Å²) < 4.78 is 27.6. The Balaban J connectivity index is 3.43. The Bertz CT molecular complexity index is 583. The molecule has 1 aromatic carbocycles. The van der Waals surface area contributed by atoms with E-state index in [4.69, 9.17) is 5.73 Å². The lowest BCUT2D eigenvalue weighted by Gasteiger charge is -2.26. The van der Waals surface area contributed by atoms with Crippen molar-refractivity contribution in [1.29, 1.82) is 0 Å². The number of nitrogen functional groups attached to an aromatic ring is 1. The summed E-state index contributed by atoms with van der Waals surface area (Å²) in [6.07, 6.45) is 0.958. The van der Waals surface area contributed by atoms with Crippen molar-refractivity contribution in [3.05, 3.63) is 22.8 Å². The van der Waals surface area contributed by atoms with Gasteiger partial charge in [0.25, 0.3) is 0 Å². The van der Waals surface area contributed by atoms with Gasteiger partial charge in [-0.3, -0.25) is 0 Å². The largest absolute Gasteiger partial charge is 0.398 e. The van der Waals surface area contributed by atoms with Gasteiger partial charge in [-0.2, -0.15) is 4.31 Å². The molecular formula is C16H28N2O2S. The molecule has 0 bridgehead atoms. The Morgan fingerprint density at radius 3 is 2.24 bits per heavy atom.